The first-order chi connectivity index (χ1) is 10.5. The predicted molar refractivity (Wildman–Crippen MR) is 92.1 cm³/mol. The molecule has 1 aliphatic heterocycles. The standard InChI is InChI=1S/C16H19Br2NO3/c1-2-12-8-19(9-13(12)14(20)15(17)18)16(21)22-10-11-6-4-3-5-7-11/h3-7,12-13,15H,2,8-10H2,1H3/t12-,13+/m1/s1. The number of likely N-dealkylation sites (tertiary alicyclic amines) is 1. The van der Waals surface area contributed by atoms with Crippen molar-refractivity contribution in [1.29, 1.82) is 0 Å². The Morgan fingerprint density at radius 3 is 2.55 bits per heavy atom. The number of ketones is 1. The van der Waals surface area contributed by atoms with Crippen LogP contribution in [0.15, 0.2) is 30.3 Å². The summed E-state index contributed by atoms with van der Waals surface area (Å²) in [6, 6.07) is 9.57. The van der Waals surface area contributed by atoms with E-state index < -0.39 is 0 Å². The zero-order chi connectivity index (χ0) is 16.1. The number of benzene rings is 1. The van der Waals surface area contributed by atoms with Gasteiger partial charge in [-0.25, -0.2) is 4.79 Å². The third-order valence-corrected chi connectivity index (χ3v) is 4.91. The third-order valence-electron chi connectivity index (χ3n) is 4.01. The van der Waals surface area contributed by atoms with Gasteiger partial charge in [-0.05, 0) is 11.5 Å². The molecule has 0 saturated carbocycles. The molecule has 1 aliphatic rings. The molecular formula is C16H19Br2NO3. The Labute approximate surface area is 147 Å². The number of nitrogens with zero attached hydrogens (tertiary/aromatic N) is 1. The molecule has 4 nitrogen and oxygen atoms in total. The molecule has 1 saturated heterocycles. The van der Waals surface area contributed by atoms with Crippen molar-refractivity contribution in [2.24, 2.45) is 11.8 Å². The summed E-state index contributed by atoms with van der Waals surface area (Å²) in [5.74, 6) is 0.137. The normalized spacial score (nSPS) is 21.2. The largest absolute Gasteiger partial charge is 0.445 e. The van der Waals surface area contributed by atoms with Crippen LogP contribution in [-0.2, 0) is 16.1 Å². The van der Waals surface area contributed by atoms with Crippen LogP contribution in [0.4, 0.5) is 4.79 Å². The summed E-state index contributed by atoms with van der Waals surface area (Å²) in [6.07, 6.45) is 0.518. The molecule has 0 N–H and O–H groups in total. The summed E-state index contributed by atoms with van der Waals surface area (Å²) in [5, 5.41) is 0. The molecule has 120 valence electrons. The van der Waals surface area contributed by atoms with Gasteiger partial charge >= 0.3 is 6.09 Å². The molecule has 1 aromatic carbocycles. The Morgan fingerprint density at radius 2 is 1.95 bits per heavy atom. The van der Waals surface area contributed by atoms with Gasteiger partial charge < -0.3 is 9.64 Å². The monoisotopic (exact) mass is 431 g/mol. The quantitative estimate of drug-likeness (QED) is 0.661. The van der Waals surface area contributed by atoms with Gasteiger partial charge in [-0.1, -0.05) is 75.5 Å². The Kier molecular flexibility index (Phi) is 6.44. The topological polar surface area (TPSA) is 46.6 Å². The van der Waals surface area contributed by atoms with Crippen LogP contribution in [0.2, 0.25) is 0 Å². The Hall–Kier alpha value is -0.880. The summed E-state index contributed by atoms with van der Waals surface area (Å²) < 4.78 is 4.98. The van der Waals surface area contributed by atoms with Crippen LogP contribution in [0.25, 0.3) is 0 Å². The van der Waals surface area contributed by atoms with Gasteiger partial charge in [-0.3, -0.25) is 4.79 Å². The van der Waals surface area contributed by atoms with E-state index in [4.69, 9.17) is 4.74 Å². The highest BCUT2D eigenvalue weighted by molar-refractivity contribution is 9.25. The third kappa shape index (κ3) is 4.32. The van der Waals surface area contributed by atoms with E-state index >= 15 is 0 Å². The fourth-order valence-electron chi connectivity index (χ4n) is 2.73. The summed E-state index contributed by atoms with van der Waals surface area (Å²) in [4.78, 5) is 26.0. The lowest BCUT2D eigenvalue weighted by Gasteiger charge is -2.16. The Morgan fingerprint density at radius 1 is 1.27 bits per heavy atom. The number of rotatable bonds is 5. The molecular weight excluding hydrogens is 414 g/mol. The van der Waals surface area contributed by atoms with Gasteiger partial charge in [0, 0.05) is 19.0 Å². The van der Waals surface area contributed by atoms with Gasteiger partial charge in [0.2, 0.25) is 0 Å². The van der Waals surface area contributed by atoms with Crippen molar-refractivity contribution in [3.63, 3.8) is 0 Å². The van der Waals surface area contributed by atoms with E-state index in [9.17, 15) is 9.59 Å². The first-order valence-electron chi connectivity index (χ1n) is 7.30. The lowest BCUT2D eigenvalue weighted by molar-refractivity contribution is -0.121. The maximum atomic E-state index is 12.2. The molecule has 1 fully saturated rings. The van der Waals surface area contributed by atoms with Crippen molar-refractivity contribution in [3.8, 4) is 0 Å². The van der Waals surface area contributed by atoms with Gasteiger partial charge in [-0.2, -0.15) is 0 Å². The molecule has 2 rings (SSSR count). The molecule has 1 heterocycles. The average molecular weight is 433 g/mol. The summed E-state index contributed by atoms with van der Waals surface area (Å²) in [5.41, 5.74) is 0.954. The zero-order valence-electron chi connectivity index (χ0n) is 12.4. The van der Waals surface area contributed by atoms with Crippen LogP contribution in [0.1, 0.15) is 18.9 Å². The van der Waals surface area contributed by atoms with E-state index in [1.54, 1.807) is 4.90 Å². The van der Waals surface area contributed by atoms with Crippen molar-refractivity contribution >= 4 is 43.7 Å². The minimum atomic E-state index is -0.362. The van der Waals surface area contributed by atoms with Crippen LogP contribution in [0, 0.1) is 11.8 Å². The number of amides is 1. The highest BCUT2D eigenvalue weighted by Gasteiger charge is 2.40. The second-order valence-corrected chi connectivity index (χ2v) is 8.48. The van der Waals surface area contributed by atoms with E-state index in [1.165, 1.54) is 0 Å². The Balaban J connectivity index is 1.92. The van der Waals surface area contributed by atoms with Crippen LogP contribution in [0.3, 0.4) is 0 Å². The van der Waals surface area contributed by atoms with Crippen molar-refractivity contribution in [2.75, 3.05) is 13.1 Å². The van der Waals surface area contributed by atoms with E-state index in [1.807, 2.05) is 37.3 Å². The first kappa shape index (κ1) is 17.5. The Bertz CT molecular complexity index is 521. The molecule has 6 heteroatoms. The first-order valence-corrected chi connectivity index (χ1v) is 9.13. The highest BCUT2D eigenvalue weighted by atomic mass is 79.9. The van der Waals surface area contributed by atoms with Gasteiger partial charge in [0.05, 0.1) is 0 Å². The van der Waals surface area contributed by atoms with E-state index in [-0.39, 0.29) is 34.1 Å². The molecule has 0 radical (unpaired) electrons. The molecule has 22 heavy (non-hydrogen) atoms. The van der Waals surface area contributed by atoms with Gasteiger partial charge in [0.15, 0.2) is 5.78 Å². The number of halogens is 2. The predicted octanol–water partition coefficient (Wildman–Crippen LogP) is 3.97. The highest BCUT2D eigenvalue weighted by Crippen LogP contribution is 2.31. The van der Waals surface area contributed by atoms with Crippen LogP contribution in [-0.4, -0.2) is 33.6 Å². The smallest absolute Gasteiger partial charge is 0.410 e. The number of hydrogen-bond donors (Lipinski definition) is 0. The summed E-state index contributed by atoms with van der Waals surface area (Å²) >= 11 is 6.51. The number of Topliss-reactive ketones (excluding diaryl/α,β-unsaturated/α-hetero) is 1. The van der Waals surface area contributed by atoms with Crippen LogP contribution >= 0.6 is 31.9 Å². The number of alkyl halides is 2. The summed E-state index contributed by atoms with van der Waals surface area (Å²) in [7, 11) is 0. The fraction of sp³-hybridized carbons (Fsp3) is 0.500. The molecule has 0 aliphatic carbocycles. The molecule has 0 bridgehead atoms. The average Bonchev–Trinajstić information content (AvgIpc) is 2.97. The van der Waals surface area contributed by atoms with Gasteiger partial charge in [0.1, 0.15) is 10.3 Å². The van der Waals surface area contributed by atoms with E-state index in [0.29, 0.717) is 13.1 Å². The minimum Gasteiger partial charge on any atom is -0.445 e. The summed E-state index contributed by atoms with van der Waals surface area (Å²) in [6.45, 7) is 3.30. The van der Waals surface area contributed by atoms with Crippen molar-refractivity contribution in [3.05, 3.63) is 35.9 Å². The zero-order valence-corrected chi connectivity index (χ0v) is 15.5. The molecule has 0 spiro atoms. The lowest BCUT2D eigenvalue weighted by Crippen LogP contribution is -2.31. The molecule has 1 aromatic rings. The fourth-order valence-corrected chi connectivity index (χ4v) is 3.41. The maximum absolute atomic E-state index is 12.2. The number of carbonyl (C=O) groups is 2. The van der Waals surface area contributed by atoms with E-state index in [2.05, 4.69) is 31.9 Å². The maximum Gasteiger partial charge on any atom is 0.410 e. The van der Waals surface area contributed by atoms with Crippen LogP contribution in [0.5, 0.6) is 0 Å². The van der Waals surface area contributed by atoms with Gasteiger partial charge in [-0.15, -0.1) is 0 Å². The van der Waals surface area contributed by atoms with Crippen molar-refractivity contribution in [2.45, 2.75) is 23.7 Å². The van der Waals surface area contributed by atoms with E-state index in [0.717, 1.165) is 12.0 Å². The second kappa shape index (κ2) is 8.11. The molecule has 1 amide bonds. The number of ether oxygens (including phenoxy) is 1. The second-order valence-electron chi connectivity index (χ2n) is 5.42. The van der Waals surface area contributed by atoms with Crippen molar-refractivity contribution in [1.82, 2.24) is 4.90 Å². The SMILES string of the molecule is CC[C@@H]1CN(C(=O)OCc2ccccc2)C[C@@H]1C(=O)C(Br)Br. The number of hydrogen-bond acceptors (Lipinski definition) is 3. The lowest BCUT2D eigenvalue weighted by atomic mass is 9.91. The van der Waals surface area contributed by atoms with Crippen molar-refractivity contribution < 1.29 is 14.3 Å². The molecule has 0 aromatic heterocycles. The molecule has 2 atom stereocenters. The molecule has 0 unspecified atom stereocenters. The van der Waals surface area contributed by atoms with Gasteiger partial charge in [0.25, 0.3) is 0 Å². The minimum absolute atomic E-state index is 0.0882. The van der Waals surface area contributed by atoms with Crippen LogP contribution < -0.4 is 0 Å². The number of carbonyl (C=O) groups excluding carboxylic acids is 2.